The molecule has 2 aromatic carbocycles. The van der Waals surface area contributed by atoms with Crippen molar-refractivity contribution in [3.8, 4) is 16.4 Å². The number of nitrogen functional groups attached to an aromatic ring is 1. The first-order valence-corrected chi connectivity index (χ1v) is 11.8. The first-order chi connectivity index (χ1) is 15.1. The Balaban J connectivity index is 1.82. The van der Waals surface area contributed by atoms with E-state index in [0.717, 1.165) is 11.1 Å². The van der Waals surface area contributed by atoms with E-state index < -0.39 is 16.0 Å². The lowest BCUT2D eigenvalue weighted by atomic mass is 10.0. The third-order valence-corrected chi connectivity index (χ3v) is 6.75. The molecule has 0 amide bonds. The Kier molecular flexibility index (Phi) is 5.55. The van der Waals surface area contributed by atoms with Gasteiger partial charge in [-0.2, -0.15) is 9.78 Å². The average molecular weight is 470 g/mol. The van der Waals surface area contributed by atoms with Crippen LogP contribution in [0.25, 0.3) is 16.4 Å². The Bertz CT molecular complexity index is 1410. The van der Waals surface area contributed by atoms with Gasteiger partial charge in [0.05, 0.1) is 10.6 Å². The fourth-order valence-electron chi connectivity index (χ4n) is 3.28. The van der Waals surface area contributed by atoms with Gasteiger partial charge in [0.25, 0.3) is 0 Å². The van der Waals surface area contributed by atoms with Crippen molar-refractivity contribution >= 4 is 33.1 Å². The van der Waals surface area contributed by atoms with Gasteiger partial charge >= 0.3 is 5.97 Å². The normalized spacial score (nSPS) is 11.6. The van der Waals surface area contributed by atoms with Crippen LogP contribution in [0.4, 0.5) is 5.82 Å². The van der Waals surface area contributed by atoms with Gasteiger partial charge in [-0.1, -0.05) is 53.8 Å². The van der Waals surface area contributed by atoms with E-state index in [2.05, 4.69) is 10.1 Å². The molecule has 0 saturated heterocycles. The lowest BCUT2D eigenvalue weighted by molar-refractivity contribution is 0.0690. The summed E-state index contributed by atoms with van der Waals surface area (Å²) in [5.41, 5.74) is 9.40. The number of anilines is 1. The van der Waals surface area contributed by atoms with Crippen LogP contribution in [0.3, 0.4) is 0 Å². The van der Waals surface area contributed by atoms with Crippen molar-refractivity contribution in [2.75, 3.05) is 5.73 Å². The van der Waals surface area contributed by atoms with Crippen LogP contribution in [0.15, 0.2) is 59.5 Å². The molecule has 11 heteroatoms. The van der Waals surface area contributed by atoms with Gasteiger partial charge in [0.2, 0.25) is 15.2 Å². The third kappa shape index (κ3) is 4.13. The fourth-order valence-corrected chi connectivity index (χ4v) is 4.67. The number of carboxylic acids is 1. The summed E-state index contributed by atoms with van der Waals surface area (Å²) < 4.78 is 24.5. The summed E-state index contributed by atoms with van der Waals surface area (Å²) in [4.78, 5) is 16.2. The lowest BCUT2D eigenvalue weighted by Crippen LogP contribution is -2.11. The van der Waals surface area contributed by atoms with Gasteiger partial charge in [-0.05, 0) is 24.6 Å². The second kappa shape index (κ2) is 8.19. The fraction of sp³-hybridized carbons (Fsp3) is 0.0952. The molecule has 0 aliphatic heterocycles. The highest BCUT2D eigenvalue weighted by atomic mass is 32.2. The first-order valence-electron chi connectivity index (χ1n) is 9.41. The number of aryl methyl sites for hydroxylation is 1. The number of aromatic carboxylic acids is 1. The van der Waals surface area contributed by atoms with Gasteiger partial charge < -0.3 is 10.8 Å². The van der Waals surface area contributed by atoms with Crippen molar-refractivity contribution in [2.24, 2.45) is 5.14 Å². The third-order valence-electron chi connectivity index (χ3n) is 4.87. The Morgan fingerprint density at radius 1 is 1.12 bits per heavy atom. The molecular weight excluding hydrogens is 450 g/mol. The van der Waals surface area contributed by atoms with E-state index in [4.69, 9.17) is 10.9 Å². The Morgan fingerprint density at radius 3 is 2.34 bits per heavy atom. The Labute approximate surface area is 188 Å². The van der Waals surface area contributed by atoms with Crippen LogP contribution < -0.4 is 10.9 Å². The van der Waals surface area contributed by atoms with Crippen molar-refractivity contribution in [1.82, 2.24) is 14.8 Å². The number of sulfonamides is 1. The molecule has 0 aliphatic rings. The number of rotatable bonds is 6. The molecule has 4 rings (SSSR count). The van der Waals surface area contributed by atoms with Gasteiger partial charge in [-0.3, -0.25) is 0 Å². The van der Waals surface area contributed by atoms with E-state index in [1.807, 2.05) is 30.3 Å². The quantitative estimate of drug-likeness (QED) is 0.392. The van der Waals surface area contributed by atoms with Gasteiger partial charge in [0.1, 0.15) is 5.82 Å². The highest BCUT2D eigenvalue weighted by Gasteiger charge is 2.22. The molecule has 0 spiro atoms. The highest BCUT2D eigenvalue weighted by Crippen LogP contribution is 2.33. The van der Waals surface area contributed by atoms with E-state index in [1.54, 1.807) is 19.1 Å². The second-order valence-electron chi connectivity index (χ2n) is 7.06. The molecule has 32 heavy (non-hydrogen) atoms. The minimum atomic E-state index is -3.79. The molecule has 2 heterocycles. The number of hydrogen-bond acceptors (Lipinski definition) is 7. The van der Waals surface area contributed by atoms with Crippen molar-refractivity contribution in [3.63, 3.8) is 0 Å². The molecule has 5 N–H and O–H groups in total. The van der Waals surface area contributed by atoms with Crippen LogP contribution in [0.5, 0.6) is 0 Å². The van der Waals surface area contributed by atoms with Crippen molar-refractivity contribution < 1.29 is 18.3 Å². The molecule has 4 aromatic rings. The number of aromatic nitrogens is 3. The average Bonchev–Trinajstić information content (AvgIpc) is 3.29. The maximum absolute atomic E-state index is 11.5. The molecule has 0 unspecified atom stereocenters. The van der Waals surface area contributed by atoms with Gasteiger partial charge in [0.15, 0.2) is 5.69 Å². The minimum Gasteiger partial charge on any atom is -0.476 e. The SMILES string of the molecule is Cc1sc(-n2nc(-c3ccccc3)c(Cc3ccc(S(N)(=O)=O)cc3)c2N)nc1C(=O)O. The Morgan fingerprint density at radius 2 is 1.78 bits per heavy atom. The summed E-state index contributed by atoms with van der Waals surface area (Å²) in [5.74, 6) is -0.792. The smallest absolute Gasteiger partial charge is 0.355 e. The lowest BCUT2D eigenvalue weighted by Gasteiger charge is -2.06. The highest BCUT2D eigenvalue weighted by molar-refractivity contribution is 7.89. The van der Waals surface area contributed by atoms with Crippen molar-refractivity contribution in [3.05, 3.63) is 76.3 Å². The zero-order valence-corrected chi connectivity index (χ0v) is 18.5. The molecule has 0 radical (unpaired) electrons. The number of thiazole rings is 1. The summed E-state index contributed by atoms with van der Waals surface area (Å²) in [6.45, 7) is 1.68. The number of benzene rings is 2. The van der Waals surface area contributed by atoms with Crippen LogP contribution in [0.1, 0.15) is 26.5 Å². The first kappa shape index (κ1) is 21.7. The molecule has 2 aromatic heterocycles. The number of primary sulfonamides is 1. The van der Waals surface area contributed by atoms with Crippen LogP contribution in [-0.4, -0.2) is 34.3 Å². The molecule has 164 valence electrons. The largest absolute Gasteiger partial charge is 0.476 e. The predicted molar refractivity (Wildman–Crippen MR) is 121 cm³/mol. The molecule has 0 aliphatic carbocycles. The maximum Gasteiger partial charge on any atom is 0.355 e. The van der Waals surface area contributed by atoms with Gasteiger partial charge in [0, 0.05) is 22.4 Å². The van der Waals surface area contributed by atoms with Gasteiger partial charge in [-0.25, -0.2) is 23.3 Å². The Hall–Kier alpha value is -3.54. The topological polar surface area (TPSA) is 154 Å². The number of hydrogen-bond donors (Lipinski definition) is 3. The van der Waals surface area contributed by atoms with Crippen molar-refractivity contribution in [2.45, 2.75) is 18.2 Å². The second-order valence-corrected chi connectivity index (χ2v) is 9.81. The summed E-state index contributed by atoms with van der Waals surface area (Å²) >= 11 is 1.19. The zero-order chi connectivity index (χ0) is 23.0. The minimum absolute atomic E-state index is 0.0210. The van der Waals surface area contributed by atoms with Gasteiger partial charge in [-0.15, -0.1) is 0 Å². The summed E-state index contributed by atoms with van der Waals surface area (Å²) in [7, 11) is -3.79. The number of carboxylic acid groups (broad SMARTS) is 1. The summed E-state index contributed by atoms with van der Waals surface area (Å²) in [6.07, 6.45) is 0.372. The van der Waals surface area contributed by atoms with Crippen LogP contribution in [0.2, 0.25) is 0 Å². The van der Waals surface area contributed by atoms with E-state index >= 15 is 0 Å². The molecule has 0 bridgehead atoms. The van der Waals surface area contributed by atoms with E-state index in [-0.39, 0.29) is 10.6 Å². The van der Waals surface area contributed by atoms with Crippen LogP contribution in [0, 0.1) is 6.92 Å². The number of nitrogens with two attached hydrogens (primary N) is 2. The maximum atomic E-state index is 11.5. The summed E-state index contributed by atoms with van der Waals surface area (Å²) in [6, 6.07) is 15.7. The summed E-state index contributed by atoms with van der Waals surface area (Å²) in [5, 5.41) is 19.5. The van der Waals surface area contributed by atoms with Crippen LogP contribution >= 0.6 is 11.3 Å². The standard InChI is InChI=1S/C21H19N5O4S2/c1-12-17(20(27)28)24-21(31-12)26-19(22)16(18(25-26)14-5-3-2-4-6-14)11-13-7-9-15(10-8-13)32(23,29)30/h2-10H,11,22H2,1H3,(H,27,28)(H2,23,29,30). The monoisotopic (exact) mass is 469 g/mol. The van der Waals surface area contributed by atoms with Crippen molar-refractivity contribution in [1.29, 1.82) is 0 Å². The number of nitrogens with zero attached hydrogens (tertiary/aromatic N) is 3. The molecule has 0 fully saturated rings. The molecular formula is C21H19N5O4S2. The van der Waals surface area contributed by atoms with E-state index in [0.29, 0.717) is 33.5 Å². The van der Waals surface area contributed by atoms with E-state index in [1.165, 1.54) is 28.2 Å². The van der Waals surface area contributed by atoms with E-state index in [9.17, 15) is 18.3 Å². The van der Waals surface area contributed by atoms with Crippen LogP contribution in [-0.2, 0) is 16.4 Å². The predicted octanol–water partition coefficient (Wildman–Crippen LogP) is 2.82. The molecule has 0 saturated carbocycles. The number of carbonyl (C=O) groups is 1. The zero-order valence-electron chi connectivity index (χ0n) is 16.9. The molecule has 0 atom stereocenters. The molecule has 9 nitrogen and oxygen atoms in total.